The average molecular weight is 264 g/mol. The van der Waals surface area contributed by atoms with Crippen LogP contribution in [0.5, 0.6) is 11.5 Å². The maximum Gasteiger partial charge on any atom is 0.127 e. The number of hydrogen-bond donors (Lipinski definition) is 2. The van der Waals surface area contributed by atoms with E-state index in [1.54, 1.807) is 14.2 Å². The monoisotopic (exact) mass is 264 g/mol. The van der Waals surface area contributed by atoms with Gasteiger partial charge in [0.05, 0.1) is 14.2 Å². The molecular formula is C15H24N2O2. The van der Waals surface area contributed by atoms with Crippen LogP contribution in [0.15, 0.2) is 18.2 Å². The topological polar surface area (TPSA) is 56.5 Å². The third-order valence-corrected chi connectivity index (χ3v) is 3.79. The van der Waals surface area contributed by atoms with Crippen molar-refractivity contribution in [1.82, 2.24) is 5.32 Å². The van der Waals surface area contributed by atoms with Crippen LogP contribution >= 0.6 is 0 Å². The third-order valence-electron chi connectivity index (χ3n) is 3.79. The van der Waals surface area contributed by atoms with Gasteiger partial charge in [0.2, 0.25) is 0 Å². The summed E-state index contributed by atoms with van der Waals surface area (Å²) in [5, 5.41) is 3.53. The second-order valence-corrected chi connectivity index (χ2v) is 5.10. The lowest BCUT2D eigenvalue weighted by molar-refractivity contribution is 0.353. The molecule has 0 radical (unpaired) electrons. The fourth-order valence-corrected chi connectivity index (χ4v) is 2.68. The Kier molecular flexibility index (Phi) is 5.05. The highest BCUT2D eigenvalue weighted by atomic mass is 16.5. The normalized spacial score (nSPS) is 20.9. The molecule has 0 bridgehead atoms. The van der Waals surface area contributed by atoms with Crippen LogP contribution < -0.4 is 20.5 Å². The number of rotatable bonds is 5. The Bertz CT molecular complexity index is 403. The molecule has 19 heavy (non-hydrogen) atoms. The molecular weight excluding hydrogens is 240 g/mol. The molecule has 106 valence electrons. The van der Waals surface area contributed by atoms with Crippen LogP contribution in [-0.2, 0) is 0 Å². The fourth-order valence-electron chi connectivity index (χ4n) is 2.68. The van der Waals surface area contributed by atoms with Crippen LogP contribution in [0.25, 0.3) is 0 Å². The molecule has 2 atom stereocenters. The van der Waals surface area contributed by atoms with E-state index in [0.717, 1.165) is 30.0 Å². The number of nitrogens with one attached hydrogen (secondary N) is 1. The van der Waals surface area contributed by atoms with Crippen LogP contribution in [0.2, 0.25) is 0 Å². The van der Waals surface area contributed by atoms with E-state index >= 15 is 0 Å². The summed E-state index contributed by atoms with van der Waals surface area (Å²) in [4.78, 5) is 0. The van der Waals surface area contributed by atoms with E-state index < -0.39 is 0 Å². The molecule has 2 unspecified atom stereocenters. The number of ether oxygens (including phenoxy) is 2. The molecule has 1 aliphatic rings. The van der Waals surface area contributed by atoms with Crippen molar-refractivity contribution in [3.63, 3.8) is 0 Å². The molecule has 1 heterocycles. The molecule has 1 aromatic carbocycles. The van der Waals surface area contributed by atoms with Gasteiger partial charge in [0.1, 0.15) is 11.5 Å². The molecule has 1 fully saturated rings. The molecule has 0 saturated carbocycles. The number of nitrogens with two attached hydrogens (primary N) is 1. The number of methoxy groups -OCH3 is 2. The zero-order valence-electron chi connectivity index (χ0n) is 11.8. The second kappa shape index (κ2) is 6.78. The molecule has 1 aromatic rings. The highest BCUT2D eigenvalue weighted by Gasteiger charge is 2.19. The number of hydrogen-bond acceptors (Lipinski definition) is 4. The van der Waals surface area contributed by atoms with Crippen molar-refractivity contribution in [2.45, 2.75) is 37.8 Å². The minimum atomic E-state index is -0.00328. The summed E-state index contributed by atoms with van der Waals surface area (Å²) in [5.74, 6) is 1.60. The molecule has 0 amide bonds. The van der Waals surface area contributed by atoms with Crippen LogP contribution in [0.4, 0.5) is 0 Å². The summed E-state index contributed by atoms with van der Waals surface area (Å²) < 4.78 is 10.6. The highest BCUT2D eigenvalue weighted by Crippen LogP contribution is 2.31. The molecule has 1 saturated heterocycles. The Morgan fingerprint density at radius 1 is 1.32 bits per heavy atom. The van der Waals surface area contributed by atoms with E-state index in [1.165, 1.54) is 19.3 Å². The standard InChI is InChI=1S/C15H24N2O2/c1-18-12-6-7-13(15(10-12)19-2)14(16)9-11-5-3-4-8-17-11/h6-7,10-11,14,17H,3-5,8-9,16H2,1-2H3. The van der Waals surface area contributed by atoms with E-state index in [1.807, 2.05) is 18.2 Å². The summed E-state index contributed by atoms with van der Waals surface area (Å²) in [5.41, 5.74) is 7.38. The number of benzene rings is 1. The fraction of sp³-hybridized carbons (Fsp3) is 0.600. The van der Waals surface area contributed by atoms with Crippen molar-refractivity contribution in [2.75, 3.05) is 20.8 Å². The summed E-state index contributed by atoms with van der Waals surface area (Å²) >= 11 is 0. The summed E-state index contributed by atoms with van der Waals surface area (Å²) in [6.45, 7) is 1.11. The Balaban J connectivity index is 2.06. The molecule has 2 rings (SSSR count). The van der Waals surface area contributed by atoms with E-state index in [4.69, 9.17) is 15.2 Å². The van der Waals surface area contributed by atoms with Crippen LogP contribution in [-0.4, -0.2) is 26.8 Å². The molecule has 1 aliphatic heterocycles. The average Bonchev–Trinajstić information content (AvgIpc) is 2.47. The van der Waals surface area contributed by atoms with Gasteiger partial charge in [-0.3, -0.25) is 0 Å². The third kappa shape index (κ3) is 3.61. The van der Waals surface area contributed by atoms with Crippen LogP contribution in [0.3, 0.4) is 0 Å². The zero-order valence-corrected chi connectivity index (χ0v) is 11.8. The van der Waals surface area contributed by atoms with Gasteiger partial charge in [0.15, 0.2) is 0 Å². The first-order valence-electron chi connectivity index (χ1n) is 6.95. The zero-order chi connectivity index (χ0) is 13.7. The Hall–Kier alpha value is -1.26. The van der Waals surface area contributed by atoms with Crippen molar-refractivity contribution in [1.29, 1.82) is 0 Å². The lowest BCUT2D eigenvalue weighted by Crippen LogP contribution is -2.36. The number of piperidine rings is 1. The van der Waals surface area contributed by atoms with Crippen molar-refractivity contribution < 1.29 is 9.47 Å². The van der Waals surface area contributed by atoms with Gasteiger partial charge in [-0.15, -0.1) is 0 Å². The van der Waals surface area contributed by atoms with Crippen molar-refractivity contribution in [3.8, 4) is 11.5 Å². The van der Waals surface area contributed by atoms with E-state index in [-0.39, 0.29) is 6.04 Å². The van der Waals surface area contributed by atoms with E-state index in [9.17, 15) is 0 Å². The maximum absolute atomic E-state index is 6.33. The largest absolute Gasteiger partial charge is 0.497 e. The van der Waals surface area contributed by atoms with Crippen LogP contribution in [0, 0.1) is 0 Å². The second-order valence-electron chi connectivity index (χ2n) is 5.10. The summed E-state index contributed by atoms with van der Waals surface area (Å²) in [7, 11) is 3.32. The molecule has 3 N–H and O–H groups in total. The van der Waals surface area contributed by atoms with Gasteiger partial charge in [0.25, 0.3) is 0 Å². The van der Waals surface area contributed by atoms with Crippen LogP contribution in [0.1, 0.15) is 37.3 Å². The first kappa shape index (κ1) is 14.2. The minimum Gasteiger partial charge on any atom is -0.497 e. The molecule has 4 nitrogen and oxygen atoms in total. The first-order valence-corrected chi connectivity index (χ1v) is 6.95. The molecule has 0 aliphatic carbocycles. The van der Waals surface area contributed by atoms with Crippen molar-refractivity contribution >= 4 is 0 Å². The highest BCUT2D eigenvalue weighted by molar-refractivity contribution is 5.42. The lowest BCUT2D eigenvalue weighted by atomic mass is 9.94. The predicted molar refractivity (Wildman–Crippen MR) is 76.7 cm³/mol. The quantitative estimate of drug-likeness (QED) is 0.856. The Morgan fingerprint density at radius 3 is 2.79 bits per heavy atom. The lowest BCUT2D eigenvalue weighted by Gasteiger charge is -2.27. The Morgan fingerprint density at radius 2 is 2.16 bits per heavy atom. The first-order chi connectivity index (χ1) is 9.24. The van der Waals surface area contributed by atoms with Gasteiger partial charge in [-0.05, 0) is 31.9 Å². The smallest absolute Gasteiger partial charge is 0.127 e. The summed E-state index contributed by atoms with van der Waals surface area (Å²) in [6, 6.07) is 6.35. The summed E-state index contributed by atoms with van der Waals surface area (Å²) in [6.07, 6.45) is 4.73. The molecule has 0 aromatic heterocycles. The van der Waals surface area contributed by atoms with Gasteiger partial charge in [-0.1, -0.05) is 12.5 Å². The van der Waals surface area contributed by atoms with Crippen molar-refractivity contribution in [3.05, 3.63) is 23.8 Å². The predicted octanol–water partition coefficient (Wildman–Crippen LogP) is 2.24. The minimum absolute atomic E-state index is 0.00328. The SMILES string of the molecule is COc1ccc(C(N)CC2CCCCN2)c(OC)c1. The van der Waals surface area contributed by atoms with Gasteiger partial charge < -0.3 is 20.5 Å². The molecule has 0 spiro atoms. The van der Waals surface area contributed by atoms with E-state index in [2.05, 4.69) is 5.32 Å². The molecule has 4 heteroatoms. The Labute approximate surface area is 115 Å². The van der Waals surface area contributed by atoms with E-state index in [0.29, 0.717) is 6.04 Å². The van der Waals surface area contributed by atoms with Gasteiger partial charge in [0, 0.05) is 23.7 Å². The van der Waals surface area contributed by atoms with Gasteiger partial charge in [-0.25, -0.2) is 0 Å². The van der Waals surface area contributed by atoms with Gasteiger partial charge >= 0.3 is 0 Å². The van der Waals surface area contributed by atoms with Gasteiger partial charge in [-0.2, -0.15) is 0 Å². The maximum atomic E-state index is 6.33. The van der Waals surface area contributed by atoms with Crippen molar-refractivity contribution in [2.24, 2.45) is 5.73 Å².